The van der Waals surface area contributed by atoms with E-state index in [1.807, 2.05) is 12.3 Å². The van der Waals surface area contributed by atoms with Gasteiger partial charge >= 0.3 is 6.03 Å². The van der Waals surface area contributed by atoms with Crippen LogP contribution in [0.2, 0.25) is 0 Å². The van der Waals surface area contributed by atoms with E-state index in [-0.39, 0.29) is 11.9 Å². The van der Waals surface area contributed by atoms with Gasteiger partial charge in [0.05, 0.1) is 12.8 Å². The van der Waals surface area contributed by atoms with E-state index in [4.69, 9.17) is 4.74 Å². The summed E-state index contributed by atoms with van der Waals surface area (Å²) in [5.41, 5.74) is 3.23. The fourth-order valence-electron chi connectivity index (χ4n) is 4.97. The molecule has 0 saturated carbocycles. The zero-order valence-corrected chi connectivity index (χ0v) is 19.5. The highest BCUT2D eigenvalue weighted by Gasteiger charge is 2.56. The van der Waals surface area contributed by atoms with E-state index in [2.05, 4.69) is 40.2 Å². The number of hydrogen-bond acceptors (Lipinski definition) is 5. The van der Waals surface area contributed by atoms with Crippen LogP contribution in [-0.2, 0) is 11.3 Å². The monoisotopic (exact) mass is 456 g/mol. The lowest BCUT2D eigenvalue weighted by Gasteiger charge is -2.40. The van der Waals surface area contributed by atoms with Crippen molar-refractivity contribution in [2.24, 2.45) is 0 Å². The number of pyridine rings is 1. The first-order valence-corrected chi connectivity index (χ1v) is 11.5. The molecule has 2 fully saturated rings. The second kappa shape index (κ2) is 8.91. The van der Waals surface area contributed by atoms with E-state index in [0.717, 1.165) is 30.8 Å². The molecule has 3 aromatic rings. The number of anilines is 1. The first-order valence-electron chi connectivity index (χ1n) is 11.5. The smallest absolute Gasteiger partial charge is 0.332 e. The lowest BCUT2D eigenvalue weighted by atomic mass is 9.86. The number of carbonyl (C=O) groups excluding carboxylic acids is 2. The van der Waals surface area contributed by atoms with Gasteiger partial charge in [-0.3, -0.25) is 14.7 Å². The Morgan fingerprint density at radius 2 is 1.74 bits per heavy atom. The van der Waals surface area contributed by atoms with E-state index < -0.39 is 5.54 Å². The average Bonchev–Trinajstić information content (AvgIpc) is 3.07. The summed E-state index contributed by atoms with van der Waals surface area (Å²) in [6.45, 7) is 2.31. The molecule has 2 saturated heterocycles. The maximum atomic E-state index is 13.5. The van der Waals surface area contributed by atoms with E-state index >= 15 is 0 Å². The molecule has 0 unspecified atom stereocenters. The molecule has 2 aromatic carbocycles. The van der Waals surface area contributed by atoms with Crippen LogP contribution in [0, 0.1) is 0 Å². The number of urea groups is 1. The van der Waals surface area contributed by atoms with Gasteiger partial charge in [0.1, 0.15) is 11.3 Å². The molecule has 34 heavy (non-hydrogen) atoms. The molecule has 5 rings (SSSR count). The van der Waals surface area contributed by atoms with Crippen LogP contribution >= 0.6 is 0 Å². The van der Waals surface area contributed by atoms with Crippen molar-refractivity contribution in [3.05, 3.63) is 78.6 Å². The quantitative estimate of drug-likeness (QED) is 0.539. The van der Waals surface area contributed by atoms with E-state index in [0.29, 0.717) is 24.3 Å². The molecule has 1 spiro atoms. The Bertz CT molecular complexity index is 1190. The minimum Gasteiger partial charge on any atom is -0.497 e. The van der Waals surface area contributed by atoms with Gasteiger partial charge in [0.15, 0.2) is 0 Å². The number of amides is 3. The maximum Gasteiger partial charge on any atom is 0.332 e. The third-order valence-corrected chi connectivity index (χ3v) is 7.07. The first kappa shape index (κ1) is 22.1. The number of methoxy groups -OCH3 is 1. The van der Waals surface area contributed by atoms with Gasteiger partial charge in [0.2, 0.25) is 0 Å². The third kappa shape index (κ3) is 3.82. The summed E-state index contributed by atoms with van der Waals surface area (Å²) < 4.78 is 5.28. The van der Waals surface area contributed by atoms with E-state index in [1.165, 1.54) is 10.5 Å². The number of nitrogens with zero attached hydrogens (tertiary/aromatic N) is 4. The molecule has 0 N–H and O–H groups in total. The number of hydrogen-bond donors (Lipinski definition) is 0. The lowest BCUT2D eigenvalue weighted by Crippen LogP contribution is -2.55. The molecule has 0 aliphatic carbocycles. The van der Waals surface area contributed by atoms with Crippen molar-refractivity contribution in [2.75, 3.05) is 32.1 Å². The van der Waals surface area contributed by atoms with Crippen LogP contribution in [0.15, 0.2) is 73.1 Å². The second-order valence-corrected chi connectivity index (χ2v) is 8.93. The molecule has 3 heterocycles. The molecule has 7 nitrogen and oxygen atoms in total. The number of rotatable bonds is 5. The number of ether oxygens (including phenoxy) is 1. The summed E-state index contributed by atoms with van der Waals surface area (Å²) in [6.07, 6.45) is 4.87. The van der Waals surface area contributed by atoms with Crippen molar-refractivity contribution in [1.29, 1.82) is 0 Å². The molecule has 0 bridgehead atoms. The van der Waals surface area contributed by atoms with Gasteiger partial charge < -0.3 is 9.64 Å². The van der Waals surface area contributed by atoms with Gasteiger partial charge in [0.25, 0.3) is 5.91 Å². The molecule has 0 atom stereocenters. The fraction of sp³-hybridized carbons (Fsp3) is 0.296. The zero-order chi connectivity index (χ0) is 23.7. The summed E-state index contributed by atoms with van der Waals surface area (Å²) in [7, 11) is 3.32. The summed E-state index contributed by atoms with van der Waals surface area (Å²) in [6, 6.07) is 19.3. The van der Waals surface area contributed by atoms with Crippen molar-refractivity contribution in [3.63, 3.8) is 0 Å². The molecule has 1 aromatic heterocycles. The highest BCUT2D eigenvalue weighted by atomic mass is 16.5. The van der Waals surface area contributed by atoms with Crippen molar-refractivity contribution in [3.8, 4) is 16.9 Å². The number of likely N-dealkylation sites (tertiary alicyclic amines) is 1. The van der Waals surface area contributed by atoms with Crippen molar-refractivity contribution in [1.82, 2.24) is 14.8 Å². The molecule has 2 aliphatic rings. The first-order chi connectivity index (χ1) is 16.5. The number of likely N-dealkylation sites (N-methyl/N-ethyl adjacent to an activating group) is 1. The Kier molecular flexibility index (Phi) is 5.79. The van der Waals surface area contributed by atoms with Crippen molar-refractivity contribution in [2.45, 2.75) is 24.9 Å². The highest BCUT2D eigenvalue weighted by molar-refractivity contribution is 6.23. The van der Waals surface area contributed by atoms with Crippen LogP contribution in [0.3, 0.4) is 0 Å². The Morgan fingerprint density at radius 3 is 2.41 bits per heavy atom. The Labute approximate surface area is 199 Å². The Morgan fingerprint density at radius 1 is 0.971 bits per heavy atom. The Balaban J connectivity index is 1.26. The van der Waals surface area contributed by atoms with E-state index in [1.54, 1.807) is 49.5 Å². The van der Waals surface area contributed by atoms with Gasteiger partial charge in [0, 0.05) is 45.1 Å². The largest absolute Gasteiger partial charge is 0.497 e. The molecule has 174 valence electrons. The van der Waals surface area contributed by atoms with Crippen LogP contribution in [0.5, 0.6) is 5.75 Å². The second-order valence-electron chi connectivity index (χ2n) is 8.93. The van der Waals surface area contributed by atoms with Gasteiger partial charge in [-0.15, -0.1) is 0 Å². The molecular weight excluding hydrogens is 428 g/mol. The number of benzene rings is 2. The average molecular weight is 457 g/mol. The molecule has 3 amide bonds. The predicted octanol–water partition coefficient (Wildman–Crippen LogP) is 4.19. The van der Waals surface area contributed by atoms with Crippen LogP contribution < -0.4 is 9.64 Å². The molecule has 7 heteroatoms. The predicted molar refractivity (Wildman–Crippen MR) is 131 cm³/mol. The zero-order valence-electron chi connectivity index (χ0n) is 19.5. The van der Waals surface area contributed by atoms with Crippen LogP contribution in [0.1, 0.15) is 18.4 Å². The number of aromatic nitrogens is 1. The minimum absolute atomic E-state index is 0.145. The molecular formula is C27H28N4O3. The van der Waals surface area contributed by atoms with Crippen LogP contribution in [-0.4, -0.2) is 59.5 Å². The summed E-state index contributed by atoms with van der Waals surface area (Å²) in [5, 5.41) is 0. The maximum absolute atomic E-state index is 13.5. The number of imide groups is 1. The SMILES string of the molecule is COc1cccc(N2C(=O)N(C)C3(CCN(Cc4ccc(-c5cccnc5)cc4)CC3)C2=O)c1. The Hall–Kier alpha value is -3.71. The highest BCUT2D eigenvalue weighted by Crippen LogP contribution is 2.39. The van der Waals surface area contributed by atoms with E-state index in [9.17, 15) is 9.59 Å². The van der Waals surface area contributed by atoms with Gasteiger partial charge in [-0.1, -0.05) is 36.4 Å². The topological polar surface area (TPSA) is 66.0 Å². The van der Waals surface area contributed by atoms with Gasteiger partial charge in [-0.05, 0) is 47.7 Å². The van der Waals surface area contributed by atoms with Crippen molar-refractivity contribution >= 4 is 17.6 Å². The van der Waals surface area contributed by atoms with Gasteiger partial charge in [-0.25, -0.2) is 9.69 Å². The van der Waals surface area contributed by atoms with Crippen LogP contribution in [0.4, 0.5) is 10.5 Å². The third-order valence-electron chi connectivity index (χ3n) is 7.07. The summed E-state index contributed by atoms with van der Waals surface area (Å²) >= 11 is 0. The fourth-order valence-corrected chi connectivity index (χ4v) is 4.97. The van der Waals surface area contributed by atoms with Crippen LogP contribution in [0.25, 0.3) is 11.1 Å². The molecule has 0 radical (unpaired) electrons. The molecule has 2 aliphatic heterocycles. The summed E-state index contributed by atoms with van der Waals surface area (Å²) in [4.78, 5) is 36.1. The standard InChI is InChI=1S/C27H28N4O3/c1-29-26(33)31(23-6-3-7-24(17-23)34-2)25(32)27(29)12-15-30(16-13-27)19-20-8-10-21(11-9-20)22-5-4-14-28-18-22/h3-11,14,17-18H,12-13,15-16,19H2,1-2H3. The number of carbonyl (C=O) groups is 2. The minimum atomic E-state index is -0.791. The number of piperidine rings is 1. The summed E-state index contributed by atoms with van der Waals surface area (Å²) in [5.74, 6) is 0.472. The van der Waals surface area contributed by atoms with Gasteiger partial charge in [-0.2, -0.15) is 0 Å². The van der Waals surface area contributed by atoms with Crippen molar-refractivity contribution < 1.29 is 14.3 Å². The normalized spacial score (nSPS) is 18.1. The lowest BCUT2D eigenvalue weighted by molar-refractivity contribution is -0.127.